The molecule has 0 aliphatic carbocycles. The van der Waals surface area contributed by atoms with Gasteiger partial charge in [-0.2, -0.15) is 0 Å². The molecule has 0 radical (unpaired) electrons. The summed E-state index contributed by atoms with van der Waals surface area (Å²) in [6, 6.07) is 19.9. The van der Waals surface area contributed by atoms with Crippen molar-refractivity contribution in [2.45, 2.75) is 13.8 Å². The van der Waals surface area contributed by atoms with E-state index < -0.39 is 0 Å². The third-order valence-corrected chi connectivity index (χ3v) is 3.92. The fourth-order valence-corrected chi connectivity index (χ4v) is 2.89. The van der Waals surface area contributed by atoms with Crippen LogP contribution in [0.15, 0.2) is 60.7 Å². The van der Waals surface area contributed by atoms with E-state index >= 15 is 0 Å². The maximum absolute atomic E-state index is 12.2. The van der Waals surface area contributed by atoms with Crippen molar-refractivity contribution in [2.75, 3.05) is 7.11 Å². The Labute approximate surface area is 136 Å². The van der Waals surface area contributed by atoms with Gasteiger partial charge in [-0.05, 0) is 48.4 Å². The second-order valence-corrected chi connectivity index (χ2v) is 5.52. The van der Waals surface area contributed by atoms with E-state index in [4.69, 9.17) is 4.74 Å². The van der Waals surface area contributed by atoms with Gasteiger partial charge in [-0.3, -0.25) is 4.79 Å². The average Bonchev–Trinajstić information content (AvgIpc) is 2.93. The summed E-state index contributed by atoms with van der Waals surface area (Å²) in [5.74, 6) is 0.851. The maximum Gasteiger partial charge on any atom is 0.176 e. The van der Waals surface area contributed by atoms with Gasteiger partial charge in [-0.1, -0.05) is 30.3 Å². The highest BCUT2D eigenvalue weighted by Crippen LogP contribution is 2.30. The van der Waals surface area contributed by atoms with Gasteiger partial charge in [0, 0.05) is 12.6 Å². The number of carbonyl (C=O) groups is 1. The van der Waals surface area contributed by atoms with E-state index in [-0.39, 0.29) is 5.78 Å². The van der Waals surface area contributed by atoms with Crippen LogP contribution >= 0.6 is 0 Å². The van der Waals surface area contributed by atoms with Crippen molar-refractivity contribution in [2.24, 2.45) is 0 Å². The first kappa shape index (κ1) is 15.1. The maximum atomic E-state index is 12.2. The van der Waals surface area contributed by atoms with Gasteiger partial charge >= 0.3 is 0 Å². The SMILES string of the molecule is COc1ccc(-n2c(-c3ccccc3)cc(C)c2C(C)=O)cc1. The highest BCUT2D eigenvalue weighted by Gasteiger charge is 2.18. The molecule has 0 amide bonds. The van der Waals surface area contributed by atoms with Crippen molar-refractivity contribution in [3.63, 3.8) is 0 Å². The van der Waals surface area contributed by atoms with Crippen LogP contribution in [0.5, 0.6) is 5.75 Å². The van der Waals surface area contributed by atoms with Crippen molar-refractivity contribution in [1.29, 1.82) is 0 Å². The summed E-state index contributed by atoms with van der Waals surface area (Å²) < 4.78 is 7.25. The Bertz CT molecular complexity index is 830. The minimum absolute atomic E-state index is 0.0560. The molecular weight excluding hydrogens is 286 g/mol. The summed E-state index contributed by atoms with van der Waals surface area (Å²) in [5, 5.41) is 0. The zero-order chi connectivity index (χ0) is 16.4. The predicted molar refractivity (Wildman–Crippen MR) is 92.5 cm³/mol. The van der Waals surface area contributed by atoms with Gasteiger partial charge in [0.2, 0.25) is 0 Å². The smallest absolute Gasteiger partial charge is 0.176 e. The molecule has 0 saturated heterocycles. The summed E-state index contributed by atoms with van der Waals surface area (Å²) in [5.41, 5.74) is 4.74. The number of hydrogen-bond acceptors (Lipinski definition) is 2. The van der Waals surface area contributed by atoms with Crippen molar-refractivity contribution in [1.82, 2.24) is 4.57 Å². The first-order valence-corrected chi connectivity index (χ1v) is 7.55. The molecule has 116 valence electrons. The van der Waals surface area contributed by atoms with E-state index in [9.17, 15) is 4.79 Å². The molecule has 0 fully saturated rings. The van der Waals surface area contributed by atoms with Gasteiger partial charge in [-0.15, -0.1) is 0 Å². The van der Waals surface area contributed by atoms with E-state index in [1.807, 2.05) is 54.0 Å². The van der Waals surface area contributed by atoms with E-state index in [2.05, 4.69) is 18.2 Å². The van der Waals surface area contributed by atoms with Gasteiger partial charge in [0.05, 0.1) is 18.5 Å². The van der Waals surface area contributed by atoms with Crippen LogP contribution in [0.3, 0.4) is 0 Å². The van der Waals surface area contributed by atoms with Crippen molar-refractivity contribution in [3.05, 3.63) is 71.9 Å². The molecule has 0 aliphatic heterocycles. The highest BCUT2D eigenvalue weighted by atomic mass is 16.5. The molecule has 0 saturated carbocycles. The highest BCUT2D eigenvalue weighted by molar-refractivity contribution is 5.96. The number of ketones is 1. The number of rotatable bonds is 4. The molecule has 1 aromatic heterocycles. The number of methoxy groups -OCH3 is 1. The Hall–Kier alpha value is -2.81. The molecule has 3 nitrogen and oxygen atoms in total. The summed E-state index contributed by atoms with van der Waals surface area (Å²) >= 11 is 0. The summed E-state index contributed by atoms with van der Waals surface area (Å²) in [7, 11) is 1.64. The minimum Gasteiger partial charge on any atom is -0.497 e. The predicted octanol–water partition coefficient (Wildman–Crippen LogP) is 4.66. The first-order valence-electron chi connectivity index (χ1n) is 7.55. The number of Topliss-reactive ketones (excluding diaryl/α,β-unsaturated/α-hetero) is 1. The number of nitrogens with zero attached hydrogens (tertiary/aromatic N) is 1. The van der Waals surface area contributed by atoms with Crippen LogP contribution in [-0.2, 0) is 0 Å². The molecule has 0 spiro atoms. The molecule has 3 rings (SSSR count). The van der Waals surface area contributed by atoms with Gasteiger partial charge in [0.25, 0.3) is 0 Å². The van der Waals surface area contributed by atoms with Crippen LogP contribution in [0.2, 0.25) is 0 Å². The van der Waals surface area contributed by atoms with Crippen LogP contribution in [0.1, 0.15) is 23.0 Å². The third kappa shape index (κ3) is 2.78. The molecule has 0 atom stereocenters. The quantitative estimate of drug-likeness (QED) is 0.656. The van der Waals surface area contributed by atoms with Gasteiger partial charge in [0.15, 0.2) is 5.78 Å². The molecule has 0 bridgehead atoms. The van der Waals surface area contributed by atoms with Crippen LogP contribution in [0.25, 0.3) is 16.9 Å². The summed E-state index contributed by atoms with van der Waals surface area (Å²) in [6.45, 7) is 3.58. The molecule has 0 aliphatic rings. The molecule has 0 unspecified atom stereocenters. The molecule has 3 heteroatoms. The summed E-state index contributed by atoms with van der Waals surface area (Å²) in [4.78, 5) is 12.2. The molecular formula is C20H19NO2. The normalized spacial score (nSPS) is 10.6. The monoisotopic (exact) mass is 305 g/mol. The fourth-order valence-electron chi connectivity index (χ4n) is 2.89. The molecule has 3 aromatic rings. The number of hydrogen-bond donors (Lipinski definition) is 0. The fraction of sp³-hybridized carbons (Fsp3) is 0.150. The lowest BCUT2D eigenvalue weighted by molar-refractivity contribution is 0.101. The lowest BCUT2D eigenvalue weighted by Gasteiger charge is -2.13. The average molecular weight is 305 g/mol. The van der Waals surface area contributed by atoms with E-state index in [1.165, 1.54) is 0 Å². The van der Waals surface area contributed by atoms with Crippen LogP contribution in [0, 0.1) is 6.92 Å². The van der Waals surface area contributed by atoms with Gasteiger partial charge in [-0.25, -0.2) is 0 Å². The number of aryl methyl sites for hydroxylation is 1. The number of aromatic nitrogens is 1. The Morgan fingerprint density at radius 1 is 1.00 bits per heavy atom. The molecule has 23 heavy (non-hydrogen) atoms. The van der Waals surface area contributed by atoms with Gasteiger partial charge < -0.3 is 9.30 Å². The van der Waals surface area contributed by atoms with E-state index in [0.717, 1.165) is 28.3 Å². The zero-order valence-corrected chi connectivity index (χ0v) is 13.5. The molecule has 2 aromatic carbocycles. The minimum atomic E-state index is 0.0560. The van der Waals surface area contributed by atoms with Crippen LogP contribution in [-0.4, -0.2) is 17.5 Å². The van der Waals surface area contributed by atoms with Gasteiger partial charge in [0.1, 0.15) is 5.75 Å². The van der Waals surface area contributed by atoms with Crippen molar-refractivity contribution < 1.29 is 9.53 Å². The van der Waals surface area contributed by atoms with E-state index in [0.29, 0.717) is 5.69 Å². The van der Waals surface area contributed by atoms with Crippen molar-refractivity contribution >= 4 is 5.78 Å². The first-order chi connectivity index (χ1) is 11.1. The van der Waals surface area contributed by atoms with Crippen LogP contribution < -0.4 is 4.74 Å². The Morgan fingerprint density at radius 2 is 1.65 bits per heavy atom. The summed E-state index contributed by atoms with van der Waals surface area (Å²) in [6.07, 6.45) is 0. The third-order valence-electron chi connectivity index (χ3n) is 3.92. The topological polar surface area (TPSA) is 31.2 Å². The Balaban J connectivity index is 2.25. The van der Waals surface area contributed by atoms with E-state index in [1.54, 1.807) is 14.0 Å². The number of ether oxygens (including phenoxy) is 1. The Morgan fingerprint density at radius 3 is 2.22 bits per heavy atom. The molecule has 1 heterocycles. The van der Waals surface area contributed by atoms with Crippen molar-refractivity contribution in [3.8, 4) is 22.7 Å². The second-order valence-electron chi connectivity index (χ2n) is 5.52. The number of carbonyl (C=O) groups excluding carboxylic acids is 1. The zero-order valence-electron chi connectivity index (χ0n) is 13.5. The molecule has 0 N–H and O–H groups in total. The standard InChI is InChI=1S/C20H19NO2/c1-14-13-19(16-7-5-4-6-8-16)21(20(14)15(2)22)17-9-11-18(23-3)12-10-17/h4-13H,1-3H3. The number of benzene rings is 2. The largest absolute Gasteiger partial charge is 0.497 e. The Kier molecular flexibility index (Phi) is 4.02. The second kappa shape index (κ2) is 6.13. The lowest BCUT2D eigenvalue weighted by Crippen LogP contribution is -2.07. The lowest BCUT2D eigenvalue weighted by atomic mass is 10.1. The van der Waals surface area contributed by atoms with Crippen LogP contribution in [0.4, 0.5) is 0 Å².